The quantitative estimate of drug-likeness (QED) is 0.911. The Labute approximate surface area is 124 Å². The van der Waals surface area contributed by atoms with Crippen LogP contribution in [0, 0.1) is 12.7 Å². The molecule has 1 unspecified atom stereocenters. The number of hydrogen-bond acceptors (Lipinski definition) is 3. The van der Waals surface area contributed by atoms with Crippen LogP contribution in [-0.4, -0.2) is 12.2 Å². The van der Waals surface area contributed by atoms with E-state index in [0.29, 0.717) is 11.3 Å². The highest BCUT2D eigenvalue weighted by Crippen LogP contribution is 2.25. The normalized spacial score (nSPS) is 12.0. The average molecular weight is 290 g/mol. The molecule has 2 aromatic carbocycles. The van der Waals surface area contributed by atoms with Crippen LogP contribution in [0.4, 0.5) is 4.39 Å². The van der Waals surface area contributed by atoms with E-state index in [0.717, 1.165) is 11.1 Å². The summed E-state index contributed by atoms with van der Waals surface area (Å²) in [6.07, 6.45) is -0.703. The Morgan fingerprint density at radius 2 is 1.86 bits per heavy atom. The Kier molecular flexibility index (Phi) is 4.81. The first-order chi connectivity index (χ1) is 10.0. The van der Waals surface area contributed by atoms with Crippen molar-refractivity contribution in [2.75, 3.05) is 7.11 Å². The van der Waals surface area contributed by atoms with Gasteiger partial charge in [-0.05, 0) is 43.7 Å². The average Bonchev–Trinajstić information content (AvgIpc) is 2.46. The largest absolute Gasteiger partial charge is 0.496 e. The zero-order chi connectivity index (χ0) is 15.4. The molecule has 0 heterocycles. The maximum Gasteiger partial charge on any atom is 0.165 e. The summed E-state index contributed by atoms with van der Waals surface area (Å²) in [6.45, 7) is 3.78. The molecule has 3 nitrogen and oxygen atoms in total. The first kappa shape index (κ1) is 15.3. The summed E-state index contributed by atoms with van der Waals surface area (Å²) >= 11 is 0. The van der Waals surface area contributed by atoms with Crippen molar-refractivity contribution in [2.45, 2.75) is 26.6 Å². The van der Waals surface area contributed by atoms with E-state index in [1.165, 1.54) is 12.1 Å². The summed E-state index contributed by atoms with van der Waals surface area (Å²) in [5, 5.41) is 9.42. The first-order valence-corrected chi connectivity index (χ1v) is 6.75. The molecule has 2 aromatic rings. The lowest BCUT2D eigenvalue weighted by molar-refractivity contribution is 0.198. The van der Waals surface area contributed by atoms with Gasteiger partial charge in [0, 0.05) is 5.56 Å². The zero-order valence-electron chi connectivity index (χ0n) is 12.4. The minimum atomic E-state index is -0.703. The molecule has 1 atom stereocenters. The summed E-state index contributed by atoms with van der Waals surface area (Å²) in [6, 6.07) is 10.2. The fraction of sp³-hybridized carbons (Fsp3) is 0.294. The number of aliphatic hydroxyl groups excluding tert-OH is 1. The van der Waals surface area contributed by atoms with E-state index in [1.807, 2.05) is 25.1 Å². The molecule has 0 fully saturated rings. The van der Waals surface area contributed by atoms with Gasteiger partial charge in [0.2, 0.25) is 0 Å². The molecule has 0 aliphatic heterocycles. The van der Waals surface area contributed by atoms with Gasteiger partial charge in [-0.2, -0.15) is 0 Å². The van der Waals surface area contributed by atoms with Crippen molar-refractivity contribution in [3.05, 3.63) is 58.9 Å². The predicted molar refractivity (Wildman–Crippen MR) is 79.1 cm³/mol. The molecule has 0 spiro atoms. The summed E-state index contributed by atoms with van der Waals surface area (Å²) in [7, 11) is 1.59. The predicted octanol–water partition coefficient (Wildman–Crippen LogP) is 3.78. The molecule has 0 aliphatic carbocycles. The van der Waals surface area contributed by atoms with Crippen LogP contribution >= 0.6 is 0 Å². The number of aryl methyl sites for hydroxylation is 1. The van der Waals surface area contributed by atoms with Crippen molar-refractivity contribution in [2.24, 2.45) is 0 Å². The summed E-state index contributed by atoms with van der Waals surface area (Å²) in [4.78, 5) is 0. The second kappa shape index (κ2) is 6.59. The molecule has 2 rings (SSSR count). The van der Waals surface area contributed by atoms with Crippen LogP contribution in [0.2, 0.25) is 0 Å². The van der Waals surface area contributed by atoms with Crippen LogP contribution in [-0.2, 0) is 6.61 Å². The molecule has 112 valence electrons. The van der Waals surface area contributed by atoms with Crippen LogP contribution in [0.25, 0.3) is 0 Å². The highest BCUT2D eigenvalue weighted by Gasteiger charge is 2.10. The minimum absolute atomic E-state index is 0.156. The Hall–Kier alpha value is -2.07. The van der Waals surface area contributed by atoms with Gasteiger partial charge >= 0.3 is 0 Å². The fourth-order valence-electron chi connectivity index (χ4n) is 2.07. The van der Waals surface area contributed by atoms with Gasteiger partial charge in [0.05, 0.1) is 13.2 Å². The topological polar surface area (TPSA) is 38.7 Å². The van der Waals surface area contributed by atoms with Crippen molar-refractivity contribution in [1.29, 1.82) is 0 Å². The van der Waals surface area contributed by atoms with Crippen molar-refractivity contribution in [3.8, 4) is 11.5 Å². The number of rotatable bonds is 5. The number of halogens is 1. The number of aliphatic hydroxyl groups is 1. The smallest absolute Gasteiger partial charge is 0.165 e. The van der Waals surface area contributed by atoms with Gasteiger partial charge in [-0.1, -0.05) is 17.7 Å². The molecular weight excluding hydrogens is 271 g/mol. The van der Waals surface area contributed by atoms with Crippen LogP contribution in [0.5, 0.6) is 11.5 Å². The third-order valence-electron chi connectivity index (χ3n) is 3.26. The van der Waals surface area contributed by atoms with E-state index in [1.54, 1.807) is 20.1 Å². The van der Waals surface area contributed by atoms with Crippen LogP contribution in [0.1, 0.15) is 29.7 Å². The van der Waals surface area contributed by atoms with Gasteiger partial charge in [-0.3, -0.25) is 0 Å². The molecule has 0 saturated carbocycles. The van der Waals surface area contributed by atoms with Gasteiger partial charge in [-0.25, -0.2) is 4.39 Å². The molecule has 4 heteroatoms. The van der Waals surface area contributed by atoms with E-state index >= 15 is 0 Å². The van der Waals surface area contributed by atoms with Gasteiger partial charge < -0.3 is 14.6 Å². The van der Waals surface area contributed by atoms with Crippen molar-refractivity contribution in [3.63, 3.8) is 0 Å². The van der Waals surface area contributed by atoms with Gasteiger partial charge in [0.25, 0.3) is 0 Å². The first-order valence-electron chi connectivity index (χ1n) is 6.75. The number of methoxy groups -OCH3 is 1. The van der Waals surface area contributed by atoms with Gasteiger partial charge in [0.15, 0.2) is 11.6 Å². The molecule has 21 heavy (non-hydrogen) atoms. The van der Waals surface area contributed by atoms with E-state index in [4.69, 9.17) is 9.47 Å². The van der Waals surface area contributed by atoms with Gasteiger partial charge in [-0.15, -0.1) is 0 Å². The summed E-state index contributed by atoms with van der Waals surface area (Å²) in [5.41, 5.74) is 2.46. The highest BCUT2D eigenvalue weighted by molar-refractivity contribution is 5.37. The van der Waals surface area contributed by atoms with E-state index in [2.05, 4.69) is 0 Å². The van der Waals surface area contributed by atoms with E-state index < -0.39 is 11.9 Å². The second-order valence-corrected chi connectivity index (χ2v) is 4.97. The monoisotopic (exact) mass is 290 g/mol. The van der Waals surface area contributed by atoms with Crippen molar-refractivity contribution >= 4 is 0 Å². The second-order valence-electron chi connectivity index (χ2n) is 4.97. The SMILES string of the molecule is COc1ccc(C)cc1COc1ccc(C(C)O)cc1F. The lowest BCUT2D eigenvalue weighted by Gasteiger charge is -2.12. The maximum atomic E-state index is 13.9. The lowest BCUT2D eigenvalue weighted by Crippen LogP contribution is -2.01. The zero-order valence-corrected chi connectivity index (χ0v) is 12.4. The minimum Gasteiger partial charge on any atom is -0.496 e. The molecular formula is C17H19FO3. The van der Waals surface area contributed by atoms with Crippen LogP contribution in [0.3, 0.4) is 0 Å². The molecule has 1 N–H and O–H groups in total. The molecule has 0 radical (unpaired) electrons. The Morgan fingerprint density at radius 1 is 1.14 bits per heavy atom. The highest BCUT2D eigenvalue weighted by atomic mass is 19.1. The number of benzene rings is 2. The number of hydrogen-bond donors (Lipinski definition) is 1. The van der Waals surface area contributed by atoms with E-state index in [-0.39, 0.29) is 12.4 Å². The Morgan fingerprint density at radius 3 is 2.48 bits per heavy atom. The Balaban J connectivity index is 2.15. The lowest BCUT2D eigenvalue weighted by atomic mass is 10.1. The number of ether oxygens (including phenoxy) is 2. The van der Waals surface area contributed by atoms with Crippen LogP contribution < -0.4 is 9.47 Å². The Bertz CT molecular complexity index is 623. The summed E-state index contributed by atoms with van der Waals surface area (Å²) < 4.78 is 24.7. The summed E-state index contributed by atoms with van der Waals surface area (Å²) in [5.74, 6) is 0.379. The van der Waals surface area contributed by atoms with E-state index in [9.17, 15) is 9.50 Å². The molecule has 0 saturated heterocycles. The molecule has 0 aromatic heterocycles. The van der Waals surface area contributed by atoms with Gasteiger partial charge in [0.1, 0.15) is 12.4 Å². The third-order valence-corrected chi connectivity index (χ3v) is 3.26. The van der Waals surface area contributed by atoms with Crippen molar-refractivity contribution in [1.82, 2.24) is 0 Å². The molecule has 0 bridgehead atoms. The maximum absolute atomic E-state index is 13.9. The molecule has 0 amide bonds. The third kappa shape index (κ3) is 3.73. The van der Waals surface area contributed by atoms with Crippen molar-refractivity contribution < 1.29 is 19.0 Å². The standard InChI is InChI=1S/C17H19FO3/c1-11-4-6-16(20-3)14(8-11)10-21-17-7-5-13(12(2)19)9-15(17)18/h4-9,12,19H,10H2,1-3H3. The molecule has 0 aliphatic rings. The fourth-order valence-corrected chi connectivity index (χ4v) is 2.07. The van der Waals surface area contributed by atoms with Crippen LogP contribution in [0.15, 0.2) is 36.4 Å².